The van der Waals surface area contributed by atoms with Crippen LogP contribution < -0.4 is 0 Å². The topological polar surface area (TPSA) is 26.7 Å². The molecule has 1 N–H and O–H groups in total. The minimum absolute atomic E-state index is 0.309. The van der Waals surface area contributed by atoms with Crippen molar-refractivity contribution in [2.75, 3.05) is 26.2 Å². The average molecular weight is 338 g/mol. The Morgan fingerprint density at radius 1 is 0.880 bits per heavy atom. The van der Waals surface area contributed by atoms with Gasteiger partial charge < -0.3 is 10.0 Å². The highest BCUT2D eigenvalue weighted by Crippen LogP contribution is 2.40. The van der Waals surface area contributed by atoms with Crippen LogP contribution >= 0.6 is 0 Å². The number of benzene rings is 2. The van der Waals surface area contributed by atoms with Crippen molar-refractivity contribution in [3.63, 3.8) is 0 Å². The van der Waals surface area contributed by atoms with Gasteiger partial charge in [0.15, 0.2) is 0 Å². The highest BCUT2D eigenvalue weighted by atomic mass is 16.3. The maximum absolute atomic E-state index is 10.8. The van der Waals surface area contributed by atoms with Gasteiger partial charge in [-0.3, -0.25) is 4.90 Å². The van der Waals surface area contributed by atoms with Crippen molar-refractivity contribution in [2.24, 2.45) is 0 Å². The minimum Gasteiger partial charge on any atom is -0.508 e. The van der Waals surface area contributed by atoms with Crippen molar-refractivity contribution in [2.45, 2.75) is 51.1 Å². The van der Waals surface area contributed by atoms with E-state index in [9.17, 15) is 5.11 Å². The molecular formula is C22H30N2O. The second-order valence-electron chi connectivity index (χ2n) is 7.81. The fourth-order valence-electron chi connectivity index (χ4n) is 4.79. The quantitative estimate of drug-likeness (QED) is 0.866. The molecule has 2 aliphatic rings. The molecule has 2 aromatic carbocycles. The lowest BCUT2D eigenvalue weighted by Gasteiger charge is -2.34. The molecule has 2 aliphatic heterocycles. The third-order valence-electron chi connectivity index (χ3n) is 6.19. The smallest absolute Gasteiger partial charge is 0.121 e. The molecule has 0 bridgehead atoms. The fraction of sp³-hybridized carbons (Fsp3) is 0.545. The zero-order chi connectivity index (χ0) is 17.2. The molecule has 4 rings (SSSR count). The molecule has 2 saturated heterocycles. The standard InChI is InChI=1S/C22H30N2O/c1-17(23-12-4-5-13-23)16-20(24-14-6-7-15-24)22-19-9-3-2-8-18(19)10-11-21(22)25/h2-3,8-11,17,20,25H,4-7,12-16H2,1H3/t17-,20+/m1/s1. The largest absolute Gasteiger partial charge is 0.508 e. The van der Waals surface area contributed by atoms with E-state index < -0.39 is 0 Å². The van der Waals surface area contributed by atoms with E-state index in [-0.39, 0.29) is 0 Å². The van der Waals surface area contributed by atoms with E-state index in [1.165, 1.54) is 49.5 Å². The Kier molecular flexibility index (Phi) is 4.96. The van der Waals surface area contributed by atoms with Crippen LogP contribution in [-0.4, -0.2) is 47.1 Å². The second kappa shape index (κ2) is 7.35. The molecule has 2 atom stereocenters. The van der Waals surface area contributed by atoms with Gasteiger partial charge in [0, 0.05) is 17.6 Å². The maximum atomic E-state index is 10.8. The normalized spacial score (nSPS) is 21.8. The van der Waals surface area contributed by atoms with Crippen LogP contribution in [0.4, 0.5) is 0 Å². The number of aromatic hydroxyl groups is 1. The van der Waals surface area contributed by atoms with Gasteiger partial charge in [-0.1, -0.05) is 30.3 Å². The molecule has 0 amide bonds. The van der Waals surface area contributed by atoms with E-state index in [1.54, 1.807) is 0 Å². The molecule has 0 aliphatic carbocycles. The van der Waals surface area contributed by atoms with Crippen LogP contribution in [0.3, 0.4) is 0 Å². The minimum atomic E-state index is 0.309. The third kappa shape index (κ3) is 3.40. The lowest BCUT2D eigenvalue weighted by atomic mass is 9.92. The van der Waals surface area contributed by atoms with Gasteiger partial charge in [-0.2, -0.15) is 0 Å². The van der Waals surface area contributed by atoms with Crippen LogP contribution in [0.2, 0.25) is 0 Å². The average Bonchev–Trinajstić information content (AvgIpc) is 3.33. The molecule has 2 fully saturated rings. The zero-order valence-corrected chi connectivity index (χ0v) is 15.3. The van der Waals surface area contributed by atoms with Crippen molar-refractivity contribution < 1.29 is 5.11 Å². The van der Waals surface area contributed by atoms with Crippen LogP contribution in [0, 0.1) is 0 Å². The summed E-state index contributed by atoms with van der Waals surface area (Å²) in [6.07, 6.45) is 6.32. The SMILES string of the molecule is C[C@H](C[C@@H](c1c(O)ccc2ccccc12)N1CCCC1)N1CCCC1. The van der Waals surface area contributed by atoms with E-state index in [2.05, 4.69) is 41.0 Å². The number of fused-ring (bicyclic) bond motifs is 1. The van der Waals surface area contributed by atoms with Gasteiger partial charge in [-0.25, -0.2) is 0 Å². The van der Waals surface area contributed by atoms with Crippen LogP contribution in [-0.2, 0) is 0 Å². The number of hydrogen-bond donors (Lipinski definition) is 1. The number of phenols is 1. The molecule has 2 aromatic rings. The molecule has 0 unspecified atom stereocenters. The summed E-state index contributed by atoms with van der Waals surface area (Å²) in [5.74, 6) is 0.462. The molecule has 134 valence electrons. The molecule has 2 heterocycles. The predicted molar refractivity (Wildman–Crippen MR) is 104 cm³/mol. The molecule has 0 radical (unpaired) electrons. The second-order valence-corrected chi connectivity index (χ2v) is 7.81. The summed E-state index contributed by atoms with van der Waals surface area (Å²) in [5.41, 5.74) is 1.14. The Bertz CT molecular complexity index is 717. The first-order valence-electron chi connectivity index (χ1n) is 9.93. The van der Waals surface area contributed by atoms with Gasteiger partial charge in [0.1, 0.15) is 5.75 Å². The van der Waals surface area contributed by atoms with Gasteiger partial charge in [-0.15, -0.1) is 0 Å². The first-order valence-corrected chi connectivity index (χ1v) is 9.93. The molecule has 0 saturated carbocycles. The van der Waals surface area contributed by atoms with E-state index in [1.807, 2.05) is 12.1 Å². The van der Waals surface area contributed by atoms with Crippen molar-refractivity contribution in [3.8, 4) is 5.75 Å². The van der Waals surface area contributed by atoms with Gasteiger partial charge in [0.2, 0.25) is 0 Å². The van der Waals surface area contributed by atoms with Gasteiger partial charge in [-0.05, 0) is 82.0 Å². The third-order valence-corrected chi connectivity index (χ3v) is 6.19. The number of phenolic OH excluding ortho intramolecular Hbond substituents is 1. The van der Waals surface area contributed by atoms with Crippen molar-refractivity contribution in [1.29, 1.82) is 0 Å². The summed E-state index contributed by atoms with van der Waals surface area (Å²) in [5, 5.41) is 13.2. The molecule has 25 heavy (non-hydrogen) atoms. The highest BCUT2D eigenvalue weighted by Gasteiger charge is 2.30. The van der Waals surface area contributed by atoms with Gasteiger partial charge >= 0.3 is 0 Å². The molecular weight excluding hydrogens is 308 g/mol. The Balaban J connectivity index is 1.71. The van der Waals surface area contributed by atoms with Crippen molar-refractivity contribution >= 4 is 10.8 Å². The summed E-state index contributed by atoms with van der Waals surface area (Å²) in [4.78, 5) is 5.24. The molecule has 3 heteroatoms. The van der Waals surface area contributed by atoms with Crippen LogP contribution in [0.15, 0.2) is 36.4 Å². The number of likely N-dealkylation sites (tertiary alicyclic amines) is 2. The number of rotatable bonds is 5. The molecule has 3 nitrogen and oxygen atoms in total. The van der Waals surface area contributed by atoms with Crippen molar-refractivity contribution in [1.82, 2.24) is 9.80 Å². The maximum Gasteiger partial charge on any atom is 0.121 e. The number of nitrogens with zero attached hydrogens (tertiary/aromatic N) is 2. The van der Waals surface area contributed by atoms with Crippen LogP contribution in [0.1, 0.15) is 50.6 Å². The Labute approximate surface area is 151 Å². The van der Waals surface area contributed by atoms with E-state index in [0.717, 1.165) is 25.1 Å². The summed E-state index contributed by atoms with van der Waals surface area (Å²) < 4.78 is 0. The first kappa shape index (κ1) is 16.9. The Morgan fingerprint density at radius 3 is 2.24 bits per heavy atom. The molecule has 0 aromatic heterocycles. The lowest BCUT2D eigenvalue weighted by Crippen LogP contribution is -2.36. The molecule has 0 spiro atoms. The monoisotopic (exact) mass is 338 g/mol. The summed E-state index contributed by atoms with van der Waals surface area (Å²) in [6.45, 7) is 7.14. The lowest BCUT2D eigenvalue weighted by molar-refractivity contribution is 0.164. The highest BCUT2D eigenvalue weighted by molar-refractivity contribution is 5.88. The Morgan fingerprint density at radius 2 is 1.52 bits per heavy atom. The summed E-state index contributed by atoms with van der Waals surface area (Å²) in [6, 6.07) is 13.3. The summed E-state index contributed by atoms with van der Waals surface area (Å²) in [7, 11) is 0. The van der Waals surface area contributed by atoms with Crippen LogP contribution in [0.5, 0.6) is 5.75 Å². The van der Waals surface area contributed by atoms with Crippen molar-refractivity contribution in [3.05, 3.63) is 42.0 Å². The zero-order valence-electron chi connectivity index (χ0n) is 15.3. The predicted octanol–water partition coefficient (Wildman–Crippen LogP) is 4.56. The summed E-state index contributed by atoms with van der Waals surface area (Å²) >= 11 is 0. The van der Waals surface area contributed by atoms with E-state index in [0.29, 0.717) is 17.8 Å². The van der Waals surface area contributed by atoms with E-state index >= 15 is 0 Å². The Hall–Kier alpha value is -1.58. The fourth-order valence-corrected chi connectivity index (χ4v) is 4.79. The van der Waals surface area contributed by atoms with Gasteiger partial charge in [0.05, 0.1) is 0 Å². The van der Waals surface area contributed by atoms with E-state index in [4.69, 9.17) is 0 Å². The van der Waals surface area contributed by atoms with Gasteiger partial charge in [0.25, 0.3) is 0 Å². The van der Waals surface area contributed by atoms with Crippen LogP contribution in [0.25, 0.3) is 10.8 Å². The number of hydrogen-bond acceptors (Lipinski definition) is 3. The first-order chi connectivity index (χ1) is 12.2.